The Bertz CT molecular complexity index is 653. The quantitative estimate of drug-likeness (QED) is 0.672. The van der Waals surface area contributed by atoms with Gasteiger partial charge in [-0.25, -0.2) is 13.6 Å². The molecule has 6 nitrogen and oxygen atoms in total. The van der Waals surface area contributed by atoms with Gasteiger partial charge in [-0.05, 0) is 18.2 Å². The summed E-state index contributed by atoms with van der Waals surface area (Å²) in [6, 6.07) is 2.39. The first-order valence-corrected chi connectivity index (χ1v) is 4.90. The molecule has 0 saturated carbocycles. The van der Waals surface area contributed by atoms with E-state index in [9.17, 15) is 23.8 Å². The third-order valence-electron chi connectivity index (χ3n) is 2.25. The third kappa shape index (κ3) is 2.28. The van der Waals surface area contributed by atoms with Gasteiger partial charge in [0, 0.05) is 0 Å². The molecule has 0 fully saturated rings. The lowest BCUT2D eigenvalue weighted by atomic mass is 10.1. The number of halogens is 2. The monoisotopic (exact) mass is 271 g/mol. The number of amides is 1. The van der Waals surface area contributed by atoms with E-state index < -0.39 is 46.4 Å². The normalized spacial score (nSPS) is 10.4. The van der Waals surface area contributed by atoms with Crippen LogP contribution in [0.2, 0.25) is 0 Å². The van der Waals surface area contributed by atoms with E-state index in [4.69, 9.17) is 9.52 Å². The minimum absolute atomic E-state index is 0.453. The van der Waals surface area contributed by atoms with Gasteiger partial charge in [-0.15, -0.1) is 0 Å². The third-order valence-corrected chi connectivity index (χ3v) is 2.25. The number of hydrogen-bond donors (Lipinski definition) is 4. The van der Waals surface area contributed by atoms with E-state index in [2.05, 4.69) is 0 Å². The fourth-order valence-corrected chi connectivity index (χ4v) is 1.45. The number of hydrogen-bond acceptors (Lipinski definition) is 4. The molecule has 2 rings (SSSR count). The van der Waals surface area contributed by atoms with Crippen LogP contribution in [-0.2, 0) is 0 Å². The number of carboxylic acid groups (broad SMARTS) is 1. The van der Waals surface area contributed by atoms with Crippen LogP contribution in [0.15, 0.2) is 22.6 Å². The van der Waals surface area contributed by atoms with E-state index in [-0.39, 0.29) is 0 Å². The molecule has 0 aliphatic rings. The van der Waals surface area contributed by atoms with Crippen LogP contribution in [0.5, 0.6) is 11.5 Å². The molecule has 0 aliphatic carbocycles. The first-order valence-electron chi connectivity index (χ1n) is 4.90. The molecular formula is C11H7F2NO5. The Hall–Kier alpha value is -2.77. The van der Waals surface area contributed by atoms with Crippen molar-refractivity contribution in [3.8, 4) is 22.8 Å². The van der Waals surface area contributed by atoms with Crippen molar-refractivity contribution in [3.05, 3.63) is 29.8 Å². The molecular weight excluding hydrogens is 264 g/mol. The summed E-state index contributed by atoms with van der Waals surface area (Å²) < 4.78 is 31.3. The topological polar surface area (TPSA) is 103 Å². The second-order valence-corrected chi connectivity index (χ2v) is 3.51. The fourth-order valence-electron chi connectivity index (χ4n) is 1.45. The van der Waals surface area contributed by atoms with Crippen LogP contribution in [0.25, 0.3) is 11.3 Å². The van der Waals surface area contributed by atoms with Crippen molar-refractivity contribution in [1.29, 1.82) is 0 Å². The Labute approximate surface area is 104 Å². The molecule has 1 aromatic heterocycles. The van der Waals surface area contributed by atoms with Crippen molar-refractivity contribution < 1.29 is 33.3 Å². The maximum absolute atomic E-state index is 13.5. The van der Waals surface area contributed by atoms with Crippen molar-refractivity contribution in [1.82, 2.24) is 0 Å². The molecule has 0 aliphatic heterocycles. The molecule has 8 heteroatoms. The minimum atomic E-state index is -1.56. The van der Waals surface area contributed by atoms with Gasteiger partial charge in [0.25, 0.3) is 0 Å². The zero-order chi connectivity index (χ0) is 14.2. The molecule has 1 aromatic carbocycles. The highest BCUT2D eigenvalue weighted by Gasteiger charge is 2.24. The van der Waals surface area contributed by atoms with Crippen LogP contribution in [0.4, 0.5) is 19.5 Å². The van der Waals surface area contributed by atoms with E-state index in [1.165, 1.54) is 0 Å². The van der Waals surface area contributed by atoms with Gasteiger partial charge >= 0.3 is 6.09 Å². The molecule has 100 valence electrons. The summed E-state index contributed by atoms with van der Waals surface area (Å²) in [5.74, 6) is -4.79. The summed E-state index contributed by atoms with van der Waals surface area (Å²) in [6.45, 7) is 0. The molecule has 2 aromatic rings. The number of aromatic hydroxyl groups is 2. The molecule has 1 amide bonds. The summed E-state index contributed by atoms with van der Waals surface area (Å²) in [7, 11) is 0. The molecule has 0 atom stereocenters. The molecule has 0 spiro atoms. The Morgan fingerprint density at radius 2 is 1.89 bits per heavy atom. The van der Waals surface area contributed by atoms with Gasteiger partial charge in [0.2, 0.25) is 17.4 Å². The van der Waals surface area contributed by atoms with Gasteiger partial charge in [-0.3, -0.25) is 5.32 Å². The Morgan fingerprint density at radius 1 is 1.21 bits per heavy atom. The molecule has 1 heterocycles. The zero-order valence-corrected chi connectivity index (χ0v) is 9.15. The van der Waals surface area contributed by atoms with Crippen LogP contribution < -0.4 is 5.32 Å². The van der Waals surface area contributed by atoms with Crippen molar-refractivity contribution in [3.63, 3.8) is 0 Å². The van der Waals surface area contributed by atoms with E-state index in [1.807, 2.05) is 0 Å². The van der Waals surface area contributed by atoms with Crippen molar-refractivity contribution in [2.24, 2.45) is 0 Å². The number of nitrogens with one attached hydrogen (secondary N) is 1. The van der Waals surface area contributed by atoms with Crippen molar-refractivity contribution in [2.45, 2.75) is 0 Å². The molecule has 0 bridgehead atoms. The lowest BCUT2D eigenvalue weighted by Gasteiger charge is -2.00. The maximum atomic E-state index is 13.5. The van der Waals surface area contributed by atoms with Crippen LogP contribution in [-0.4, -0.2) is 21.4 Å². The summed E-state index contributed by atoms with van der Waals surface area (Å²) in [5, 5.41) is 29.1. The Morgan fingerprint density at radius 3 is 2.53 bits per heavy atom. The largest absolute Gasteiger partial charge is 0.502 e. The summed E-state index contributed by atoms with van der Waals surface area (Å²) in [5.41, 5.74) is -0.453. The summed E-state index contributed by atoms with van der Waals surface area (Å²) in [4.78, 5) is 10.4. The predicted octanol–water partition coefficient (Wildman–Crippen LogP) is 2.73. The molecule has 19 heavy (non-hydrogen) atoms. The number of benzene rings is 1. The van der Waals surface area contributed by atoms with E-state index in [0.717, 1.165) is 18.2 Å². The van der Waals surface area contributed by atoms with Gasteiger partial charge < -0.3 is 19.7 Å². The number of anilines is 1. The first-order chi connectivity index (χ1) is 8.90. The standard InChI is InChI=1S/C11H7F2NO5/c12-4-1-2-6(13)5(3-4)9-7(15)8(16)10(19-9)14-11(17)18/h1-3,14-16H,(H,17,18). The maximum Gasteiger partial charge on any atom is 0.411 e. The first kappa shape index (κ1) is 12.7. The van der Waals surface area contributed by atoms with Crippen LogP contribution in [0, 0.1) is 11.6 Å². The van der Waals surface area contributed by atoms with Gasteiger partial charge in [0.05, 0.1) is 5.56 Å². The van der Waals surface area contributed by atoms with Crippen LogP contribution >= 0.6 is 0 Å². The second kappa shape index (κ2) is 4.48. The molecule has 0 radical (unpaired) electrons. The highest BCUT2D eigenvalue weighted by Crippen LogP contribution is 2.45. The fraction of sp³-hybridized carbons (Fsp3) is 0. The van der Waals surface area contributed by atoms with Crippen LogP contribution in [0.3, 0.4) is 0 Å². The predicted molar refractivity (Wildman–Crippen MR) is 59.0 cm³/mol. The van der Waals surface area contributed by atoms with Crippen molar-refractivity contribution >= 4 is 12.0 Å². The minimum Gasteiger partial charge on any atom is -0.502 e. The lowest BCUT2D eigenvalue weighted by molar-refractivity contribution is 0.209. The van der Waals surface area contributed by atoms with E-state index in [1.54, 1.807) is 5.32 Å². The summed E-state index contributed by atoms with van der Waals surface area (Å²) in [6.07, 6.45) is -1.56. The van der Waals surface area contributed by atoms with Crippen LogP contribution in [0.1, 0.15) is 0 Å². The smallest absolute Gasteiger partial charge is 0.411 e. The summed E-state index contributed by atoms with van der Waals surface area (Å²) >= 11 is 0. The number of furan rings is 1. The number of carbonyl (C=O) groups is 1. The van der Waals surface area contributed by atoms with E-state index in [0.29, 0.717) is 0 Å². The highest BCUT2D eigenvalue weighted by molar-refractivity contribution is 5.86. The zero-order valence-electron chi connectivity index (χ0n) is 9.15. The second-order valence-electron chi connectivity index (χ2n) is 3.51. The lowest BCUT2D eigenvalue weighted by Crippen LogP contribution is -2.06. The molecule has 0 unspecified atom stereocenters. The van der Waals surface area contributed by atoms with E-state index >= 15 is 0 Å². The Kier molecular flexibility index (Phi) is 2.99. The SMILES string of the molecule is O=C(O)Nc1oc(-c2cc(F)ccc2F)c(O)c1O. The van der Waals surface area contributed by atoms with Gasteiger partial charge in [-0.1, -0.05) is 0 Å². The van der Waals surface area contributed by atoms with Crippen molar-refractivity contribution in [2.75, 3.05) is 5.32 Å². The molecule has 4 N–H and O–H groups in total. The average Bonchev–Trinajstić information content (AvgIpc) is 2.60. The highest BCUT2D eigenvalue weighted by atomic mass is 19.1. The number of rotatable bonds is 2. The Balaban J connectivity index is 2.57. The van der Waals surface area contributed by atoms with Gasteiger partial charge in [-0.2, -0.15) is 0 Å². The molecule has 0 saturated heterocycles. The average molecular weight is 271 g/mol. The van der Waals surface area contributed by atoms with Gasteiger partial charge in [0.15, 0.2) is 5.76 Å². The van der Waals surface area contributed by atoms with Gasteiger partial charge in [0.1, 0.15) is 11.6 Å².